The molecule has 2 heterocycles. The monoisotopic (exact) mass is 1130 g/mol. The Labute approximate surface area is 520 Å². The fourth-order valence-electron chi connectivity index (χ4n) is 14.6. The Hall–Kier alpha value is -11.5. The lowest BCUT2D eigenvalue weighted by Gasteiger charge is -2.46. The molecule has 0 amide bonds. The quantitative estimate of drug-likeness (QED) is 0.0995. The summed E-state index contributed by atoms with van der Waals surface area (Å²) < 4.78 is 0. The molecule has 2 aliphatic rings. The lowest BCUT2D eigenvalue weighted by molar-refractivity contribution is 1.25. The van der Waals surface area contributed by atoms with E-state index in [2.05, 4.69) is 356 Å². The highest BCUT2D eigenvalue weighted by Crippen LogP contribution is 2.56. The number of anilines is 6. The average molecular weight is 1130 g/mol. The number of benzene rings is 15. The standard InChI is InChI=1S/C86H57BN2/c1-8-30-58(31-9-1)65-52-72(60-34-12-3-13-35-60)85(73(53-65)61-36-14-4-15-37-61)88-78-50-28-26-48-76(78)87-77-49-27-29-51-79(77)89(86-74(62-38-16-5-17-39-62)54-66(59-32-10-2-11-33-59)55-75(86)63-40-18-6-19-41-63)81-57-67(56-80(88)84(81)87)83-70-46-24-22-44-68(70)82(64-42-20-7-21-43-64)69-45-23-25-47-71(69)83/h1-57H. The molecule has 0 saturated heterocycles. The van der Waals surface area contributed by atoms with Gasteiger partial charge in [0.1, 0.15) is 0 Å². The molecule has 2 aliphatic heterocycles. The van der Waals surface area contributed by atoms with E-state index in [1.807, 2.05) is 0 Å². The van der Waals surface area contributed by atoms with Gasteiger partial charge in [-0.1, -0.05) is 297 Å². The van der Waals surface area contributed by atoms with E-state index < -0.39 is 0 Å². The normalized spacial score (nSPS) is 12.2. The van der Waals surface area contributed by atoms with Gasteiger partial charge >= 0.3 is 0 Å². The molecule has 0 fully saturated rings. The van der Waals surface area contributed by atoms with Gasteiger partial charge in [0.25, 0.3) is 6.71 Å². The maximum absolute atomic E-state index is 2.66. The van der Waals surface area contributed by atoms with Crippen LogP contribution in [0.1, 0.15) is 0 Å². The van der Waals surface area contributed by atoms with E-state index in [0.29, 0.717) is 0 Å². The fraction of sp³-hybridized carbons (Fsp3) is 0. The molecule has 0 aliphatic carbocycles. The van der Waals surface area contributed by atoms with Crippen LogP contribution in [0.5, 0.6) is 0 Å². The van der Waals surface area contributed by atoms with E-state index in [-0.39, 0.29) is 6.71 Å². The third-order valence-electron chi connectivity index (χ3n) is 18.4. The molecule has 0 saturated carbocycles. The van der Waals surface area contributed by atoms with Crippen LogP contribution < -0.4 is 26.2 Å². The zero-order valence-electron chi connectivity index (χ0n) is 48.9. The zero-order chi connectivity index (χ0) is 58.8. The topological polar surface area (TPSA) is 6.48 Å². The maximum atomic E-state index is 2.66. The molecule has 0 unspecified atom stereocenters. The summed E-state index contributed by atoms with van der Waals surface area (Å²) in [6.07, 6.45) is 0. The molecule has 0 atom stereocenters. The lowest BCUT2D eigenvalue weighted by atomic mass is 9.33. The summed E-state index contributed by atoms with van der Waals surface area (Å²) >= 11 is 0. The van der Waals surface area contributed by atoms with Gasteiger partial charge in [-0.3, -0.25) is 0 Å². The molecule has 0 bridgehead atoms. The second-order valence-electron chi connectivity index (χ2n) is 23.4. The highest BCUT2D eigenvalue weighted by Gasteiger charge is 2.45. The van der Waals surface area contributed by atoms with Crippen molar-refractivity contribution in [3.05, 3.63) is 346 Å². The number of hydrogen-bond acceptors (Lipinski definition) is 2. The van der Waals surface area contributed by atoms with Crippen molar-refractivity contribution < 1.29 is 0 Å². The Kier molecular flexibility index (Phi) is 12.7. The van der Waals surface area contributed by atoms with Gasteiger partial charge in [-0.15, -0.1) is 0 Å². The maximum Gasteiger partial charge on any atom is 0.252 e. The van der Waals surface area contributed by atoms with Crippen LogP contribution >= 0.6 is 0 Å². The van der Waals surface area contributed by atoms with Crippen molar-refractivity contribution in [3.63, 3.8) is 0 Å². The molecule has 15 aromatic rings. The van der Waals surface area contributed by atoms with Crippen LogP contribution in [0, 0.1) is 0 Å². The Bertz CT molecular complexity index is 4750. The summed E-state index contributed by atoms with van der Waals surface area (Å²) in [7, 11) is 0. The van der Waals surface area contributed by atoms with E-state index in [1.54, 1.807) is 0 Å². The summed E-state index contributed by atoms with van der Waals surface area (Å²) in [5.74, 6) is 0. The molecular formula is C86H57BN2. The minimum absolute atomic E-state index is 0.143. The van der Waals surface area contributed by atoms with Crippen molar-refractivity contribution in [2.24, 2.45) is 0 Å². The minimum Gasteiger partial charge on any atom is -0.310 e. The van der Waals surface area contributed by atoms with Crippen LogP contribution in [-0.4, -0.2) is 6.71 Å². The first kappa shape index (κ1) is 51.9. The van der Waals surface area contributed by atoms with E-state index in [0.717, 1.165) is 95.3 Å². The second-order valence-corrected chi connectivity index (χ2v) is 23.4. The smallest absolute Gasteiger partial charge is 0.252 e. The van der Waals surface area contributed by atoms with Crippen molar-refractivity contribution in [2.45, 2.75) is 0 Å². The largest absolute Gasteiger partial charge is 0.310 e. The Balaban J connectivity index is 1.07. The molecule has 0 radical (unpaired) electrons. The number of rotatable bonds is 10. The minimum atomic E-state index is -0.143. The van der Waals surface area contributed by atoms with Crippen LogP contribution in [0.25, 0.3) is 111 Å². The zero-order valence-corrected chi connectivity index (χ0v) is 48.9. The molecule has 0 N–H and O–H groups in total. The van der Waals surface area contributed by atoms with Gasteiger partial charge in [0.15, 0.2) is 0 Å². The van der Waals surface area contributed by atoms with Gasteiger partial charge in [0, 0.05) is 45.0 Å². The molecule has 0 aromatic heterocycles. The molecule has 17 rings (SSSR count). The van der Waals surface area contributed by atoms with E-state index in [4.69, 9.17) is 0 Å². The predicted octanol–water partition coefficient (Wildman–Crippen LogP) is 21.4. The fourth-order valence-corrected chi connectivity index (χ4v) is 14.6. The van der Waals surface area contributed by atoms with Crippen LogP contribution in [-0.2, 0) is 0 Å². The van der Waals surface area contributed by atoms with Gasteiger partial charge in [-0.2, -0.15) is 0 Å². The molecule has 89 heavy (non-hydrogen) atoms. The van der Waals surface area contributed by atoms with Gasteiger partial charge in [0.2, 0.25) is 0 Å². The molecule has 2 nitrogen and oxygen atoms in total. The Morgan fingerprint density at radius 2 is 0.449 bits per heavy atom. The number of fused-ring (bicyclic) bond motifs is 6. The van der Waals surface area contributed by atoms with E-state index in [9.17, 15) is 0 Å². The SMILES string of the molecule is c1ccc(-c2cc(-c3ccccc3)c(N3c4ccccc4B4c5ccccc5N(c5c(-c6ccccc6)cc(-c6ccccc6)cc5-c5ccccc5)c5cc(-c6c7ccccc7c(-c7ccccc7)c7ccccc67)cc3c54)c(-c3ccccc3)c2)cc1. The third kappa shape index (κ3) is 8.73. The van der Waals surface area contributed by atoms with Crippen molar-refractivity contribution in [1.29, 1.82) is 0 Å². The molecule has 0 spiro atoms. The average Bonchev–Trinajstić information content (AvgIpc) is 0.714. The molecule has 15 aromatic carbocycles. The second kappa shape index (κ2) is 21.8. The number of nitrogens with zero attached hydrogens (tertiary/aromatic N) is 2. The first-order chi connectivity index (χ1) is 44.2. The summed E-state index contributed by atoms with van der Waals surface area (Å²) in [4.78, 5) is 5.33. The Morgan fingerprint density at radius 3 is 0.775 bits per heavy atom. The summed E-state index contributed by atoms with van der Waals surface area (Å²) in [6.45, 7) is -0.143. The Morgan fingerprint density at radius 1 is 0.191 bits per heavy atom. The lowest BCUT2D eigenvalue weighted by Crippen LogP contribution is -2.61. The van der Waals surface area contributed by atoms with E-state index in [1.165, 1.54) is 65.8 Å². The number of hydrogen-bond donors (Lipinski definition) is 0. The summed E-state index contributed by atoms with van der Waals surface area (Å²) in [6, 6.07) is 129. The molecule has 3 heteroatoms. The van der Waals surface area contributed by atoms with Crippen LogP contribution in [0.3, 0.4) is 0 Å². The predicted molar refractivity (Wildman–Crippen MR) is 379 cm³/mol. The van der Waals surface area contributed by atoms with Crippen molar-refractivity contribution in [2.75, 3.05) is 9.80 Å². The van der Waals surface area contributed by atoms with Gasteiger partial charge in [-0.05, 0) is 153 Å². The van der Waals surface area contributed by atoms with Gasteiger partial charge < -0.3 is 9.80 Å². The molecule has 414 valence electrons. The van der Waals surface area contributed by atoms with Crippen LogP contribution in [0.2, 0.25) is 0 Å². The van der Waals surface area contributed by atoms with Gasteiger partial charge in [-0.25, -0.2) is 0 Å². The van der Waals surface area contributed by atoms with Crippen molar-refractivity contribution in [3.8, 4) is 89.0 Å². The first-order valence-electron chi connectivity index (χ1n) is 30.9. The van der Waals surface area contributed by atoms with Crippen LogP contribution in [0.4, 0.5) is 34.1 Å². The van der Waals surface area contributed by atoms with Crippen molar-refractivity contribution >= 4 is 78.8 Å². The van der Waals surface area contributed by atoms with Crippen LogP contribution in [0.15, 0.2) is 346 Å². The molecular weight excluding hydrogens is 1070 g/mol. The first-order valence-corrected chi connectivity index (χ1v) is 30.9. The highest BCUT2D eigenvalue weighted by molar-refractivity contribution is 7.00. The number of para-hydroxylation sites is 2. The summed E-state index contributed by atoms with van der Waals surface area (Å²) in [5.41, 5.74) is 29.1. The van der Waals surface area contributed by atoms with E-state index >= 15 is 0 Å². The summed E-state index contributed by atoms with van der Waals surface area (Å²) in [5, 5.41) is 4.82. The highest BCUT2D eigenvalue weighted by atomic mass is 15.2. The van der Waals surface area contributed by atoms with Gasteiger partial charge in [0.05, 0.1) is 11.4 Å². The third-order valence-corrected chi connectivity index (χ3v) is 18.4. The van der Waals surface area contributed by atoms with Crippen molar-refractivity contribution in [1.82, 2.24) is 0 Å².